The first-order valence-corrected chi connectivity index (χ1v) is 9.92. The third-order valence-corrected chi connectivity index (χ3v) is 5.04. The smallest absolute Gasteiger partial charge is 0.339 e. The lowest BCUT2D eigenvalue weighted by Crippen LogP contribution is -2.27. The summed E-state index contributed by atoms with van der Waals surface area (Å²) >= 11 is 0. The summed E-state index contributed by atoms with van der Waals surface area (Å²) in [4.78, 5) is 24.1. The van der Waals surface area contributed by atoms with Crippen LogP contribution in [0, 0.1) is 0 Å². The fourth-order valence-corrected chi connectivity index (χ4v) is 3.35. The summed E-state index contributed by atoms with van der Waals surface area (Å²) in [5, 5.41) is 29.4. The van der Waals surface area contributed by atoms with Gasteiger partial charge in [0.25, 0.3) is 0 Å². The van der Waals surface area contributed by atoms with Gasteiger partial charge in [0.1, 0.15) is 17.1 Å². The Morgan fingerprint density at radius 2 is 1.82 bits per heavy atom. The molecule has 0 aromatic heterocycles. The van der Waals surface area contributed by atoms with Gasteiger partial charge in [0.2, 0.25) is 0 Å². The van der Waals surface area contributed by atoms with Crippen molar-refractivity contribution in [2.45, 2.75) is 6.92 Å². The zero-order chi connectivity index (χ0) is 23.5. The standard InChI is InChI=1S/C24H20N4O5/c1-14-21(23(30)28(27-14)17-9-11-18(33-2)12-10-17)26-25-16-6-3-5-15(13-16)19-7-4-8-20(22(19)29)24(31)32/h3-13,25,29H,1-2H3,(H,31,32). The van der Waals surface area contributed by atoms with Crippen LogP contribution >= 0.6 is 0 Å². The molecule has 0 bridgehead atoms. The molecule has 3 N–H and O–H groups in total. The molecular weight excluding hydrogens is 424 g/mol. The average molecular weight is 444 g/mol. The number of hydrogen-bond donors (Lipinski definition) is 3. The van der Waals surface area contributed by atoms with Crippen molar-refractivity contribution >= 4 is 34.7 Å². The largest absolute Gasteiger partial charge is 0.506 e. The lowest BCUT2D eigenvalue weighted by molar-refractivity contribution is -0.112. The lowest BCUT2D eigenvalue weighted by atomic mass is 10.0. The molecule has 0 fully saturated rings. The van der Waals surface area contributed by atoms with E-state index < -0.39 is 5.97 Å². The lowest BCUT2D eigenvalue weighted by Gasteiger charge is -2.12. The molecule has 9 nitrogen and oxygen atoms in total. The summed E-state index contributed by atoms with van der Waals surface area (Å²) in [7, 11) is 1.56. The number of aromatic hydroxyl groups is 1. The minimum Gasteiger partial charge on any atom is -0.506 e. The number of carbonyl (C=O) groups excluding carboxylic acids is 1. The number of rotatable bonds is 6. The normalized spacial score (nSPS) is 14.4. The second kappa shape index (κ2) is 8.83. The number of carboxylic acid groups (broad SMARTS) is 1. The summed E-state index contributed by atoms with van der Waals surface area (Å²) in [6.45, 7) is 1.69. The zero-order valence-corrected chi connectivity index (χ0v) is 17.8. The number of phenols is 1. The summed E-state index contributed by atoms with van der Waals surface area (Å²) in [6.07, 6.45) is 0. The van der Waals surface area contributed by atoms with Crippen molar-refractivity contribution in [1.82, 2.24) is 0 Å². The van der Waals surface area contributed by atoms with Crippen LogP contribution in [-0.2, 0) is 4.79 Å². The molecule has 4 rings (SSSR count). The molecule has 3 aromatic rings. The van der Waals surface area contributed by atoms with Crippen molar-refractivity contribution < 1.29 is 24.5 Å². The number of para-hydroxylation sites is 1. The molecule has 0 atom stereocenters. The first-order valence-electron chi connectivity index (χ1n) is 9.92. The van der Waals surface area contributed by atoms with Gasteiger partial charge in [-0.3, -0.25) is 10.2 Å². The van der Waals surface area contributed by atoms with Gasteiger partial charge in [0.15, 0.2) is 5.71 Å². The Labute approximate surface area is 189 Å². The number of methoxy groups -OCH3 is 1. The highest BCUT2D eigenvalue weighted by atomic mass is 16.5. The molecule has 0 radical (unpaired) electrons. The molecule has 3 aromatic carbocycles. The quantitative estimate of drug-likeness (QED) is 0.495. The number of nitrogens with one attached hydrogen (secondary N) is 1. The van der Waals surface area contributed by atoms with E-state index in [4.69, 9.17) is 4.74 Å². The Kier molecular flexibility index (Phi) is 5.77. The number of hydrogen-bond acceptors (Lipinski definition) is 7. The molecule has 1 aliphatic rings. The molecule has 166 valence electrons. The van der Waals surface area contributed by atoms with Crippen molar-refractivity contribution in [1.29, 1.82) is 0 Å². The fraction of sp³-hybridized carbons (Fsp3) is 0.0833. The van der Waals surface area contributed by atoms with Crippen LogP contribution in [0.5, 0.6) is 11.5 Å². The Bertz CT molecular complexity index is 1300. The van der Waals surface area contributed by atoms with Gasteiger partial charge in [-0.2, -0.15) is 15.2 Å². The topological polar surface area (TPSA) is 124 Å². The van der Waals surface area contributed by atoms with Crippen LogP contribution < -0.4 is 15.2 Å². The second-order valence-corrected chi connectivity index (χ2v) is 7.16. The Balaban J connectivity index is 1.56. The van der Waals surface area contributed by atoms with Gasteiger partial charge in [-0.25, -0.2) is 4.79 Å². The number of carboxylic acids is 1. The molecule has 1 aliphatic heterocycles. The van der Waals surface area contributed by atoms with Crippen molar-refractivity contribution in [3.05, 3.63) is 72.3 Å². The molecule has 1 amide bonds. The Hall–Kier alpha value is -4.66. The van der Waals surface area contributed by atoms with Gasteiger partial charge in [-0.15, -0.1) is 0 Å². The number of anilines is 2. The van der Waals surface area contributed by atoms with E-state index >= 15 is 0 Å². The monoisotopic (exact) mass is 444 g/mol. The van der Waals surface area contributed by atoms with E-state index in [1.807, 2.05) is 0 Å². The van der Waals surface area contributed by atoms with Gasteiger partial charge >= 0.3 is 11.9 Å². The van der Waals surface area contributed by atoms with Gasteiger partial charge in [0.05, 0.1) is 24.2 Å². The Morgan fingerprint density at radius 3 is 2.52 bits per heavy atom. The molecule has 0 saturated heterocycles. The minimum absolute atomic E-state index is 0.159. The van der Waals surface area contributed by atoms with Crippen molar-refractivity contribution in [2.75, 3.05) is 17.5 Å². The molecule has 9 heteroatoms. The Morgan fingerprint density at radius 1 is 1.09 bits per heavy atom. The third-order valence-electron chi connectivity index (χ3n) is 5.04. The summed E-state index contributed by atoms with van der Waals surface area (Å²) in [6, 6.07) is 18.3. The maximum Gasteiger partial charge on any atom is 0.339 e. The van der Waals surface area contributed by atoms with Gasteiger partial charge in [-0.05, 0) is 55.0 Å². The van der Waals surface area contributed by atoms with E-state index in [0.29, 0.717) is 34.0 Å². The fourth-order valence-electron chi connectivity index (χ4n) is 3.35. The summed E-state index contributed by atoms with van der Waals surface area (Å²) in [5.74, 6) is -1.25. The first-order chi connectivity index (χ1) is 15.9. The van der Waals surface area contributed by atoms with Gasteiger partial charge in [-0.1, -0.05) is 24.3 Å². The van der Waals surface area contributed by atoms with Crippen LogP contribution in [0.2, 0.25) is 0 Å². The minimum atomic E-state index is -1.22. The maximum atomic E-state index is 12.8. The van der Waals surface area contributed by atoms with E-state index in [1.165, 1.54) is 11.1 Å². The van der Waals surface area contributed by atoms with E-state index in [2.05, 4.69) is 15.6 Å². The molecule has 33 heavy (non-hydrogen) atoms. The third kappa shape index (κ3) is 4.24. The van der Waals surface area contributed by atoms with Gasteiger partial charge in [0, 0.05) is 5.56 Å². The van der Waals surface area contributed by atoms with E-state index in [9.17, 15) is 19.8 Å². The highest BCUT2D eigenvalue weighted by Crippen LogP contribution is 2.33. The van der Waals surface area contributed by atoms with Crippen molar-refractivity contribution in [3.8, 4) is 22.6 Å². The average Bonchev–Trinajstić information content (AvgIpc) is 3.11. The molecular formula is C24H20N4O5. The van der Waals surface area contributed by atoms with Gasteiger partial charge < -0.3 is 14.9 Å². The van der Waals surface area contributed by atoms with Crippen LogP contribution in [0.15, 0.2) is 76.9 Å². The second-order valence-electron chi connectivity index (χ2n) is 7.16. The van der Waals surface area contributed by atoms with Crippen LogP contribution in [0.1, 0.15) is 17.3 Å². The number of ether oxygens (including phenoxy) is 1. The summed E-state index contributed by atoms with van der Waals surface area (Å²) < 4.78 is 5.14. The number of carbonyl (C=O) groups is 2. The number of nitrogens with zero attached hydrogens (tertiary/aromatic N) is 3. The molecule has 0 spiro atoms. The highest BCUT2D eigenvalue weighted by molar-refractivity contribution is 6.71. The van der Waals surface area contributed by atoms with E-state index in [-0.39, 0.29) is 22.9 Å². The molecule has 0 aliphatic carbocycles. The zero-order valence-electron chi connectivity index (χ0n) is 17.8. The predicted molar refractivity (Wildman–Crippen MR) is 125 cm³/mol. The molecule has 0 saturated carbocycles. The predicted octanol–water partition coefficient (Wildman–Crippen LogP) is 3.96. The van der Waals surface area contributed by atoms with Crippen LogP contribution in [0.3, 0.4) is 0 Å². The van der Waals surface area contributed by atoms with Crippen molar-refractivity contribution in [2.24, 2.45) is 10.2 Å². The molecule has 0 unspecified atom stereocenters. The van der Waals surface area contributed by atoms with Crippen LogP contribution in [0.4, 0.5) is 11.4 Å². The molecule has 1 heterocycles. The van der Waals surface area contributed by atoms with E-state index in [0.717, 1.165) is 0 Å². The number of benzene rings is 3. The first kappa shape index (κ1) is 21.6. The number of amides is 1. The maximum absolute atomic E-state index is 12.8. The summed E-state index contributed by atoms with van der Waals surface area (Å²) in [5.41, 5.74) is 5.35. The number of hydrazone groups is 2. The SMILES string of the molecule is COc1ccc(N2N=C(C)C(=NNc3cccc(-c4cccc(C(=O)O)c4O)c3)C2=O)cc1. The van der Waals surface area contributed by atoms with Crippen LogP contribution in [0.25, 0.3) is 11.1 Å². The van der Waals surface area contributed by atoms with E-state index in [1.54, 1.807) is 74.7 Å². The highest BCUT2D eigenvalue weighted by Gasteiger charge is 2.30. The van der Waals surface area contributed by atoms with Crippen LogP contribution in [-0.4, -0.2) is 40.6 Å². The number of aromatic carboxylic acids is 1. The van der Waals surface area contributed by atoms with Crippen molar-refractivity contribution in [3.63, 3.8) is 0 Å².